The van der Waals surface area contributed by atoms with Crippen molar-refractivity contribution < 1.29 is 0 Å². The summed E-state index contributed by atoms with van der Waals surface area (Å²) in [4.78, 5) is 10.6. The topological polar surface area (TPSA) is 31.4 Å². The van der Waals surface area contributed by atoms with Crippen LogP contribution >= 0.6 is 48.6 Å². The molecular weight excluding hydrogens is 339 g/mol. The summed E-state index contributed by atoms with van der Waals surface area (Å²) in [5, 5.41) is 3.38. The Labute approximate surface area is 144 Å². The second-order valence-corrected chi connectivity index (χ2v) is 5.63. The predicted octanol–water partition coefficient (Wildman–Crippen LogP) is 2.05. The molecule has 0 amide bonds. The summed E-state index contributed by atoms with van der Waals surface area (Å²) in [6.07, 6.45) is 0. The second kappa shape index (κ2) is 12.0. The Bertz CT molecular complexity index is 345. The van der Waals surface area contributed by atoms with Gasteiger partial charge in [-0.3, -0.25) is 9.80 Å². The number of likely N-dealkylation sites (N-methyl/N-ethyl adjacent to an activating group) is 1. The lowest BCUT2D eigenvalue weighted by Gasteiger charge is -2.29. The average Bonchev–Trinajstić information content (AvgIpc) is 2.74. The number of hydrogen-bond acceptors (Lipinski definition) is 5. The van der Waals surface area contributed by atoms with Gasteiger partial charge in [-0.2, -0.15) is 0 Å². The van der Waals surface area contributed by atoms with E-state index in [-0.39, 0.29) is 37.2 Å². The molecule has 0 aromatic carbocycles. The zero-order valence-electron chi connectivity index (χ0n) is 12.0. The highest BCUT2D eigenvalue weighted by Crippen LogP contribution is 2.13. The van der Waals surface area contributed by atoms with E-state index in [1.807, 2.05) is 5.51 Å². The number of aromatic nitrogens is 1. The maximum Gasteiger partial charge on any atom is 0.0798 e. The van der Waals surface area contributed by atoms with Crippen molar-refractivity contribution in [2.24, 2.45) is 0 Å². The minimum absolute atomic E-state index is 0. The van der Waals surface area contributed by atoms with Crippen LogP contribution in [0.25, 0.3) is 0 Å². The first-order valence-electron chi connectivity index (χ1n) is 6.26. The largest absolute Gasteiger partial charge is 0.314 e. The van der Waals surface area contributed by atoms with E-state index in [0.717, 1.165) is 26.2 Å². The minimum Gasteiger partial charge on any atom is -0.314 e. The molecule has 1 N–H and O–H groups in total. The van der Waals surface area contributed by atoms with Crippen molar-refractivity contribution in [2.75, 3.05) is 46.3 Å². The number of nitrogens with zero attached hydrogens (tertiary/aromatic N) is 3. The van der Waals surface area contributed by atoms with E-state index < -0.39 is 0 Å². The smallest absolute Gasteiger partial charge is 0.0798 e. The van der Waals surface area contributed by atoms with E-state index in [1.54, 1.807) is 11.3 Å². The molecule has 1 saturated heterocycles. The molecule has 0 bridgehead atoms. The van der Waals surface area contributed by atoms with Gasteiger partial charge in [0.25, 0.3) is 0 Å². The first kappa shape index (κ1) is 22.7. The van der Waals surface area contributed by atoms with E-state index >= 15 is 0 Å². The van der Waals surface area contributed by atoms with Crippen LogP contribution in [0.2, 0.25) is 0 Å². The lowest BCUT2D eigenvalue weighted by Crippen LogP contribution is -2.45. The first-order valence-corrected chi connectivity index (χ1v) is 7.14. The van der Waals surface area contributed by atoms with Crippen LogP contribution in [-0.4, -0.2) is 61.1 Å². The van der Waals surface area contributed by atoms with Gasteiger partial charge >= 0.3 is 0 Å². The third-order valence-electron chi connectivity index (χ3n) is 3.27. The molecular formula is C12H25Cl3N4S. The van der Waals surface area contributed by atoms with Gasteiger partial charge in [0, 0.05) is 50.7 Å². The SMILES string of the molecule is Cc1ncsc1CN(C)CCN1CCNCC1.Cl.Cl.Cl. The van der Waals surface area contributed by atoms with Crippen molar-refractivity contribution in [1.29, 1.82) is 0 Å². The molecule has 2 rings (SSSR count). The monoisotopic (exact) mass is 362 g/mol. The minimum atomic E-state index is 0. The van der Waals surface area contributed by atoms with Crippen LogP contribution in [0.1, 0.15) is 10.6 Å². The fraction of sp³-hybridized carbons (Fsp3) is 0.750. The normalized spacial score (nSPS) is 15.2. The van der Waals surface area contributed by atoms with E-state index in [4.69, 9.17) is 0 Å². The van der Waals surface area contributed by atoms with Crippen molar-refractivity contribution in [3.63, 3.8) is 0 Å². The van der Waals surface area contributed by atoms with E-state index in [1.165, 1.54) is 30.2 Å². The molecule has 1 aromatic rings. The molecule has 0 radical (unpaired) electrons. The van der Waals surface area contributed by atoms with Crippen LogP contribution in [0.15, 0.2) is 5.51 Å². The Morgan fingerprint density at radius 3 is 2.50 bits per heavy atom. The van der Waals surface area contributed by atoms with E-state index in [2.05, 4.69) is 34.1 Å². The van der Waals surface area contributed by atoms with Gasteiger partial charge in [0.2, 0.25) is 0 Å². The summed E-state index contributed by atoms with van der Waals surface area (Å²) in [6, 6.07) is 0. The summed E-state index contributed by atoms with van der Waals surface area (Å²) >= 11 is 1.76. The number of thiazole rings is 1. The zero-order chi connectivity index (χ0) is 12.1. The van der Waals surface area contributed by atoms with Gasteiger partial charge in [0.1, 0.15) is 0 Å². The highest BCUT2D eigenvalue weighted by molar-refractivity contribution is 7.09. The lowest BCUT2D eigenvalue weighted by molar-refractivity contribution is 0.203. The standard InChI is InChI=1S/C12H22N4S.3ClH/c1-11-12(17-10-14-11)9-15(2)7-8-16-5-3-13-4-6-16;;;/h10,13H,3-9H2,1-2H3;3*1H. The fourth-order valence-corrected chi connectivity index (χ4v) is 2.91. The molecule has 8 heteroatoms. The molecule has 0 unspecified atom stereocenters. The van der Waals surface area contributed by atoms with Gasteiger partial charge < -0.3 is 5.32 Å². The van der Waals surface area contributed by atoms with Crippen molar-refractivity contribution in [3.05, 3.63) is 16.1 Å². The van der Waals surface area contributed by atoms with Crippen LogP contribution < -0.4 is 5.32 Å². The Morgan fingerprint density at radius 2 is 1.95 bits per heavy atom. The van der Waals surface area contributed by atoms with Crippen molar-refractivity contribution in [1.82, 2.24) is 20.1 Å². The van der Waals surface area contributed by atoms with Crippen LogP contribution in [0.3, 0.4) is 0 Å². The lowest BCUT2D eigenvalue weighted by atomic mass is 10.3. The number of hydrogen-bond donors (Lipinski definition) is 1. The number of piperazine rings is 1. The summed E-state index contributed by atoms with van der Waals surface area (Å²) < 4.78 is 0. The summed E-state index contributed by atoms with van der Waals surface area (Å²) in [5.74, 6) is 0. The second-order valence-electron chi connectivity index (χ2n) is 4.69. The molecule has 0 aliphatic carbocycles. The fourth-order valence-electron chi connectivity index (χ4n) is 2.05. The van der Waals surface area contributed by atoms with Gasteiger partial charge in [-0.15, -0.1) is 48.6 Å². The van der Waals surface area contributed by atoms with Gasteiger partial charge in [-0.05, 0) is 14.0 Å². The average molecular weight is 364 g/mol. The third kappa shape index (κ3) is 7.41. The Kier molecular flexibility index (Phi) is 13.6. The highest BCUT2D eigenvalue weighted by atomic mass is 35.5. The summed E-state index contributed by atoms with van der Waals surface area (Å²) in [6.45, 7) is 10.1. The zero-order valence-corrected chi connectivity index (χ0v) is 15.3. The summed E-state index contributed by atoms with van der Waals surface area (Å²) in [5.41, 5.74) is 3.12. The number of nitrogens with one attached hydrogen (secondary N) is 1. The molecule has 4 nitrogen and oxygen atoms in total. The molecule has 0 saturated carbocycles. The van der Waals surface area contributed by atoms with Crippen molar-refractivity contribution in [2.45, 2.75) is 13.5 Å². The van der Waals surface area contributed by atoms with Gasteiger partial charge in [-0.25, -0.2) is 4.98 Å². The van der Waals surface area contributed by atoms with Gasteiger partial charge in [0.15, 0.2) is 0 Å². The molecule has 1 fully saturated rings. The number of halogens is 3. The van der Waals surface area contributed by atoms with Crippen LogP contribution in [-0.2, 0) is 6.54 Å². The maximum atomic E-state index is 4.29. The summed E-state index contributed by atoms with van der Waals surface area (Å²) in [7, 11) is 2.20. The van der Waals surface area contributed by atoms with Crippen molar-refractivity contribution >= 4 is 48.6 Å². The van der Waals surface area contributed by atoms with E-state index in [9.17, 15) is 0 Å². The molecule has 20 heavy (non-hydrogen) atoms. The molecule has 1 aliphatic rings. The molecule has 0 atom stereocenters. The Hall–Kier alpha value is 0.380. The third-order valence-corrected chi connectivity index (χ3v) is 4.19. The highest BCUT2D eigenvalue weighted by Gasteiger charge is 2.11. The van der Waals surface area contributed by atoms with Crippen LogP contribution in [0.4, 0.5) is 0 Å². The number of aryl methyl sites for hydroxylation is 1. The quantitative estimate of drug-likeness (QED) is 0.867. The van der Waals surface area contributed by atoms with E-state index in [0.29, 0.717) is 0 Å². The molecule has 1 aromatic heterocycles. The van der Waals surface area contributed by atoms with Crippen LogP contribution in [0.5, 0.6) is 0 Å². The first-order chi connectivity index (χ1) is 8.25. The van der Waals surface area contributed by atoms with Gasteiger partial charge in [-0.1, -0.05) is 0 Å². The molecule has 0 spiro atoms. The maximum absolute atomic E-state index is 4.29. The van der Waals surface area contributed by atoms with Gasteiger partial charge in [0.05, 0.1) is 11.2 Å². The van der Waals surface area contributed by atoms with Crippen molar-refractivity contribution in [3.8, 4) is 0 Å². The Morgan fingerprint density at radius 1 is 1.30 bits per heavy atom. The van der Waals surface area contributed by atoms with Crippen LogP contribution in [0, 0.1) is 6.92 Å². The molecule has 2 heterocycles. The Balaban J connectivity index is 0. The molecule has 1 aliphatic heterocycles. The predicted molar refractivity (Wildman–Crippen MR) is 94.2 cm³/mol. The number of rotatable bonds is 5. The molecule has 120 valence electrons.